The van der Waals surface area contributed by atoms with Crippen molar-refractivity contribution in [2.75, 3.05) is 0 Å². The molecule has 1 atom stereocenters. The van der Waals surface area contributed by atoms with Gasteiger partial charge in [-0.15, -0.1) is 21.8 Å². The molecule has 4 heteroatoms. The van der Waals surface area contributed by atoms with Crippen molar-refractivity contribution in [1.29, 1.82) is 0 Å². The molecule has 106 valence electrons. The van der Waals surface area contributed by atoms with E-state index in [-0.39, 0.29) is 5.38 Å². The highest BCUT2D eigenvalue weighted by Gasteiger charge is 2.19. The molecule has 0 radical (unpaired) electrons. The lowest BCUT2D eigenvalue weighted by atomic mass is 9.87. The fourth-order valence-corrected chi connectivity index (χ4v) is 4.14. The molecule has 2 nitrogen and oxygen atoms in total. The van der Waals surface area contributed by atoms with E-state index in [0.29, 0.717) is 0 Å². The molecule has 1 heterocycles. The summed E-state index contributed by atoms with van der Waals surface area (Å²) in [6, 6.07) is 10.1. The van der Waals surface area contributed by atoms with Crippen LogP contribution in [0.25, 0.3) is 0 Å². The topological polar surface area (TPSA) is 25.8 Å². The second-order valence-electron chi connectivity index (χ2n) is 5.52. The lowest BCUT2D eigenvalue weighted by Gasteiger charge is -2.19. The van der Waals surface area contributed by atoms with E-state index in [1.165, 1.54) is 32.1 Å². The molecule has 1 aromatic carbocycles. The Morgan fingerprint density at radius 2 is 1.85 bits per heavy atom. The third kappa shape index (κ3) is 3.39. The number of halogens is 1. The van der Waals surface area contributed by atoms with Crippen molar-refractivity contribution in [2.45, 2.75) is 43.9 Å². The zero-order valence-electron chi connectivity index (χ0n) is 11.5. The molecule has 0 N–H and O–H groups in total. The minimum absolute atomic E-state index is 0.172. The Morgan fingerprint density at radius 1 is 1.10 bits per heavy atom. The van der Waals surface area contributed by atoms with E-state index in [0.717, 1.165) is 27.9 Å². The number of hydrogen-bond donors (Lipinski definition) is 0. The minimum atomic E-state index is -0.172. The van der Waals surface area contributed by atoms with Crippen LogP contribution in [0.1, 0.15) is 53.1 Å². The molecule has 20 heavy (non-hydrogen) atoms. The van der Waals surface area contributed by atoms with Crippen LogP contribution >= 0.6 is 22.9 Å². The van der Waals surface area contributed by atoms with Crippen LogP contribution in [0.4, 0.5) is 0 Å². The van der Waals surface area contributed by atoms with Gasteiger partial charge >= 0.3 is 0 Å². The lowest BCUT2D eigenvalue weighted by Crippen LogP contribution is -2.08. The first-order chi connectivity index (χ1) is 9.83. The van der Waals surface area contributed by atoms with Crippen molar-refractivity contribution in [3.63, 3.8) is 0 Å². The first-order valence-electron chi connectivity index (χ1n) is 7.34. The van der Waals surface area contributed by atoms with Crippen molar-refractivity contribution in [2.24, 2.45) is 5.92 Å². The predicted octanol–water partition coefficient (Wildman–Crippen LogP) is 4.99. The summed E-state index contributed by atoms with van der Waals surface area (Å²) in [4.78, 5) is 0. The smallest absolute Gasteiger partial charge is 0.139 e. The van der Waals surface area contributed by atoms with E-state index in [9.17, 15) is 0 Å². The van der Waals surface area contributed by atoms with Gasteiger partial charge in [-0.25, -0.2) is 0 Å². The molecule has 0 bridgehead atoms. The molecule has 3 rings (SSSR count). The van der Waals surface area contributed by atoms with E-state index in [1.807, 2.05) is 30.3 Å². The molecule has 1 aliphatic rings. The molecule has 1 fully saturated rings. The summed E-state index contributed by atoms with van der Waals surface area (Å²) in [5.41, 5.74) is 1.09. The average Bonchev–Trinajstić information content (AvgIpc) is 2.97. The maximum atomic E-state index is 6.50. The SMILES string of the molecule is ClC(c1ccccc1)c1nnc(CC2CCCCC2)s1. The van der Waals surface area contributed by atoms with E-state index in [4.69, 9.17) is 11.6 Å². The molecule has 0 amide bonds. The van der Waals surface area contributed by atoms with Crippen LogP contribution in [-0.2, 0) is 6.42 Å². The van der Waals surface area contributed by atoms with Crippen LogP contribution < -0.4 is 0 Å². The second kappa shape index (κ2) is 6.68. The van der Waals surface area contributed by atoms with Gasteiger partial charge in [-0.2, -0.15) is 0 Å². The Balaban J connectivity index is 1.67. The molecule has 1 saturated carbocycles. The molecule has 0 aliphatic heterocycles. The highest BCUT2D eigenvalue weighted by molar-refractivity contribution is 7.11. The second-order valence-corrected chi connectivity index (χ2v) is 7.05. The quantitative estimate of drug-likeness (QED) is 0.744. The maximum Gasteiger partial charge on any atom is 0.139 e. The van der Waals surface area contributed by atoms with Crippen molar-refractivity contribution >= 4 is 22.9 Å². The van der Waals surface area contributed by atoms with Crippen LogP contribution in [0.2, 0.25) is 0 Å². The summed E-state index contributed by atoms with van der Waals surface area (Å²) in [6.45, 7) is 0. The molecule has 1 aromatic heterocycles. The molecule has 1 aliphatic carbocycles. The molecule has 1 unspecified atom stereocenters. The van der Waals surface area contributed by atoms with Crippen LogP contribution in [0.5, 0.6) is 0 Å². The van der Waals surface area contributed by atoms with E-state index < -0.39 is 0 Å². The summed E-state index contributed by atoms with van der Waals surface area (Å²) in [5.74, 6) is 0.801. The number of aromatic nitrogens is 2. The lowest BCUT2D eigenvalue weighted by molar-refractivity contribution is 0.356. The zero-order valence-corrected chi connectivity index (χ0v) is 13.0. The van der Waals surface area contributed by atoms with Gasteiger partial charge in [0.15, 0.2) is 0 Å². The highest BCUT2D eigenvalue weighted by atomic mass is 35.5. The van der Waals surface area contributed by atoms with Gasteiger partial charge in [0.25, 0.3) is 0 Å². The van der Waals surface area contributed by atoms with Gasteiger partial charge in [-0.05, 0) is 11.5 Å². The van der Waals surface area contributed by atoms with Gasteiger partial charge in [-0.1, -0.05) is 73.8 Å². The maximum absolute atomic E-state index is 6.50. The van der Waals surface area contributed by atoms with Crippen molar-refractivity contribution < 1.29 is 0 Å². The molecule has 0 saturated heterocycles. The Bertz CT molecular complexity index is 534. The fourth-order valence-electron chi connectivity index (χ4n) is 2.85. The summed E-state index contributed by atoms with van der Waals surface area (Å²) in [6.07, 6.45) is 7.92. The van der Waals surface area contributed by atoms with Gasteiger partial charge in [0, 0.05) is 6.42 Å². The van der Waals surface area contributed by atoms with Gasteiger partial charge < -0.3 is 0 Å². The van der Waals surface area contributed by atoms with Gasteiger partial charge in [0.1, 0.15) is 15.4 Å². The number of rotatable bonds is 4. The third-order valence-corrected chi connectivity index (χ3v) is 5.58. The Morgan fingerprint density at radius 3 is 2.60 bits per heavy atom. The van der Waals surface area contributed by atoms with Gasteiger partial charge in [-0.3, -0.25) is 0 Å². The van der Waals surface area contributed by atoms with Gasteiger partial charge in [0.05, 0.1) is 0 Å². The fraction of sp³-hybridized carbons (Fsp3) is 0.500. The van der Waals surface area contributed by atoms with Gasteiger partial charge in [0.2, 0.25) is 0 Å². The van der Waals surface area contributed by atoms with Crippen molar-refractivity contribution in [3.8, 4) is 0 Å². The Kier molecular flexibility index (Phi) is 4.69. The first kappa shape index (κ1) is 14.0. The van der Waals surface area contributed by atoms with E-state index in [2.05, 4.69) is 10.2 Å². The highest BCUT2D eigenvalue weighted by Crippen LogP contribution is 2.33. The summed E-state index contributed by atoms with van der Waals surface area (Å²) in [7, 11) is 0. The zero-order chi connectivity index (χ0) is 13.8. The first-order valence-corrected chi connectivity index (χ1v) is 8.59. The Labute approximate surface area is 129 Å². The number of alkyl halides is 1. The normalized spacial score (nSPS) is 18.1. The standard InChI is InChI=1S/C16H19ClN2S/c17-15(13-9-5-2-6-10-13)16-19-18-14(20-16)11-12-7-3-1-4-8-12/h2,5-6,9-10,12,15H,1,3-4,7-8,11H2. The Hall–Kier alpha value is -0.930. The average molecular weight is 307 g/mol. The summed E-state index contributed by atoms with van der Waals surface area (Å²) < 4.78 is 0. The molecule has 0 spiro atoms. The predicted molar refractivity (Wildman–Crippen MR) is 84.3 cm³/mol. The number of nitrogens with zero attached hydrogens (tertiary/aromatic N) is 2. The van der Waals surface area contributed by atoms with Crippen LogP contribution in [0.3, 0.4) is 0 Å². The molecular formula is C16H19ClN2S. The monoisotopic (exact) mass is 306 g/mol. The summed E-state index contributed by atoms with van der Waals surface area (Å²) in [5, 5.41) is 10.5. The molecule has 2 aromatic rings. The largest absolute Gasteiger partial charge is 0.143 e. The van der Waals surface area contributed by atoms with E-state index >= 15 is 0 Å². The van der Waals surface area contributed by atoms with E-state index in [1.54, 1.807) is 11.3 Å². The summed E-state index contributed by atoms with van der Waals surface area (Å²) >= 11 is 8.17. The van der Waals surface area contributed by atoms with Crippen molar-refractivity contribution in [1.82, 2.24) is 10.2 Å². The number of benzene rings is 1. The van der Waals surface area contributed by atoms with Crippen LogP contribution in [-0.4, -0.2) is 10.2 Å². The molecular weight excluding hydrogens is 288 g/mol. The van der Waals surface area contributed by atoms with Crippen LogP contribution in [0.15, 0.2) is 30.3 Å². The van der Waals surface area contributed by atoms with Crippen molar-refractivity contribution in [3.05, 3.63) is 45.9 Å². The van der Waals surface area contributed by atoms with Crippen LogP contribution in [0, 0.1) is 5.92 Å². The minimum Gasteiger partial charge on any atom is -0.143 e. The third-order valence-electron chi connectivity index (χ3n) is 3.98. The number of hydrogen-bond acceptors (Lipinski definition) is 3.